The van der Waals surface area contributed by atoms with E-state index in [-0.39, 0.29) is 17.7 Å². The predicted molar refractivity (Wildman–Crippen MR) is 107 cm³/mol. The van der Waals surface area contributed by atoms with E-state index in [1.807, 2.05) is 30.2 Å². The minimum Gasteiger partial charge on any atom is -0.377 e. The lowest BCUT2D eigenvalue weighted by atomic mass is 10.0. The second-order valence-corrected chi connectivity index (χ2v) is 8.73. The van der Waals surface area contributed by atoms with Gasteiger partial charge in [-0.3, -0.25) is 14.5 Å². The summed E-state index contributed by atoms with van der Waals surface area (Å²) in [5, 5.41) is 4.83. The summed E-state index contributed by atoms with van der Waals surface area (Å²) in [6.45, 7) is 9.14. The van der Waals surface area contributed by atoms with Gasteiger partial charge in [-0.2, -0.15) is 0 Å². The van der Waals surface area contributed by atoms with Crippen LogP contribution >= 0.6 is 11.3 Å². The Bertz CT molecular complexity index is 614. The number of thiophene rings is 1. The van der Waals surface area contributed by atoms with Gasteiger partial charge in [0.1, 0.15) is 6.04 Å². The molecule has 2 aliphatic heterocycles. The van der Waals surface area contributed by atoms with Crippen molar-refractivity contribution < 1.29 is 14.3 Å². The number of nitrogens with one attached hydrogen (secondary N) is 1. The van der Waals surface area contributed by atoms with Gasteiger partial charge in [0.05, 0.1) is 11.0 Å². The molecule has 7 heteroatoms. The zero-order valence-corrected chi connectivity index (χ0v) is 17.2. The first-order valence-corrected chi connectivity index (χ1v) is 10.9. The fraction of sp³-hybridized carbons (Fsp3) is 0.700. The minimum absolute atomic E-state index is 0.0360. The summed E-state index contributed by atoms with van der Waals surface area (Å²) in [5.41, 5.74) is 0. The molecule has 0 unspecified atom stereocenters. The molecule has 6 nitrogen and oxygen atoms in total. The van der Waals surface area contributed by atoms with Crippen molar-refractivity contribution in [2.75, 3.05) is 39.3 Å². The van der Waals surface area contributed by atoms with Crippen LogP contribution in [0.2, 0.25) is 0 Å². The van der Waals surface area contributed by atoms with E-state index in [2.05, 4.69) is 10.2 Å². The molecule has 3 rings (SSSR count). The molecule has 3 heterocycles. The highest BCUT2D eigenvalue weighted by atomic mass is 32.1. The van der Waals surface area contributed by atoms with Gasteiger partial charge in [0.25, 0.3) is 5.91 Å². The van der Waals surface area contributed by atoms with Crippen LogP contribution in [0.3, 0.4) is 0 Å². The van der Waals surface area contributed by atoms with Crippen molar-refractivity contribution in [3.05, 3.63) is 22.4 Å². The van der Waals surface area contributed by atoms with Crippen LogP contribution in [0.5, 0.6) is 0 Å². The van der Waals surface area contributed by atoms with Crippen LogP contribution in [0.4, 0.5) is 0 Å². The lowest BCUT2D eigenvalue weighted by Crippen LogP contribution is -2.52. The lowest BCUT2D eigenvalue weighted by Gasteiger charge is -2.29. The van der Waals surface area contributed by atoms with E-state index >= 15 is 0 Å². The summed E-state index contributed by atoms with van der Waals surface area (Å²) in [6.07, 6.45) is 3.61. The Morgan fingerprint density at radius 1 is 1.26 bits per heavy atom. The average Bonchev–Trinajstić information content (AvgIpc) is 3.30. The molecule has 1 N–H and O–H groups in total. The average molecular weight is 394 g/mol. The number of amides is 2. The summed E-state index contributed by atoms with van der Waals surface area (Å²) >= 11 is 1.40. The van der Waals surface area contributed by atoms with E-state index in [0.717, 1.165) is 52.0 Å². The summed E-state index contributed by atoms with van der Waals surface area (Å²) in [7, 11) is 0. The zero-order valence-electron chi connectivity index (χ0n) is 16.4. The first kappa shape index (κ1) is 20.3. The van der Waals surface area contributed by atoms with E-state index in [9.17, 15) is 9.59 Å². The van der Waals surface area contributed by atoms with Crippen LogP contribution in [-0.4, -0.2) is 73.1 Å². The predicted octanol–water partition coefficient (Wildman–Crippen LogP) is 2.22. The molecule has 0 bridgehead atoms. The molecule has 0 radical (unpaired) electrons. The molecule has 1 aromatic rings. The Kier molecular flexibility index (Phi) is 7.26. The van der Waals surface area contributed by atoms with Gasteiger partial charge in [-0.05, 0) is 43.2 Å². The monoisotopic (exact) mass is 393 g/mol. The van der Waals surface area contributed by atoms with E-state index in [4.69, 9.17) is 4.74 Å². The van der Waals surface area contributed by atoms with Crippen LogP contribution in [0.1, 0.15) is 42.8 Å². The number of carbonyl (C=O) groups is 2. The van der Waals surface area contributed by atoms with Crippen LogP contribution in [0, 0.1) is 5.92 Å². The minimum atomic E-state index is -0.482. The standard InChI is InChI=1S/C20H31N3O3S/c1-15(2)18(21-19(24)17-7-4-13-27-17)20(25)23-9-5-8-22(10-11-23)14-16-6-3-12-26-16/h4,7,13,15-16,18H,3,5-6,8-12,14H2,1-2H3,(H,21,24)/t16-,18-/m0/s1. The Morgan fingerprint density at radius 3 is 2.78 bits per heavy atom. The van der Waals surface area contributed by atoms with Crippen molar-refractivity contribution in [3.63, 3.8) is 0 Å². The normalized spacial score (nSPS) is 22.6. The molecule has 0 spiro atoms. The smallest absolute Gasteiger partial charge is 0.262 e. The van der Waals surface area contributed by atoms with Gasteiger partial charge in [0, 0.05) is 32.8 Å². The van der Waals surface area contributed by atoms with Gasteiger partial charge >= 0.3 is 0 Å². The Hall–Kier alpha value is -1.44. The quantitative estimate of drug-likeness (QED) is 0.805. The number of hydrogen-bond donors (Lipinski definition) is 1. The zero-order chi connectivity index (χ0) is 19.2. The molecule has 2 fully saturated rings. The van der Waals surface area contributed by atoms with E-state index in [1.165, 1.54) is 11.3 Å². The molecule has 2 saturated heterocycles. The van der Waals surface area contributed by atoms with Crippen LogP contribution in [0.15, 0.2) is 17.5 Å². The van der Waals surface area contributed by atoms with Crippen molar-refractivity contribution in [2.45, 2.75) is 45.3 Å². The molecule has 2 amide bonds. The van der Waals surface area contributed by atoms with Gasteiger partial charge in [-0.15, -0.1) is 11.3 Å². The molecule has 150 valence electrons. The first-order valence-electron chi connectivity index (χ1n) is 10.0. The van der Waals surface area contributed by atoms with Crippen molar-refractivity contribution in [1.29, 1.82) is 0 Å². The topological polar surface area (TPSA) is 61.9 Å². The Balaban J connectivity index is 1.56. The fourth-order valence-corrected chi connectivity index (χ4v) is 4.41. The van der Waals surface area contributed by atoms with Crippen molar-refractivity contribution in [3.8, 4) is 0 Å². The number of rotatable bonds is 6. The molecular weight excluding hydrogens is 362 g/mol. The van der Waals surface area contributed by atoms with Crippen LogP contribution in [0.25, 0.3) is 0 Å². The van der Waals surface area contributed by atoms with E-state index in [1.54, 1.807) is 6.07 Å². The first-order chi connectivity index (χ1) is 13.0. The van der Waals surface area contributed by atoms with Crippen molar-refractivity contribution >= 4 is 23.2 Å². The summed E-state index contributed by atoms with van der Waals surface area (Å²) in [4.78, 5) is 30.5. The molecule has 2 atom stereocenters. The van der Waals surface area contributed by atoms with Gasteiger partial charge in [-0.1, -0.05) is 19.9 Å². The van der Waals surface area contributed by atoms with Crippen LogP contribution < -0.4 is 5.32 Å². The second kappa shape index (κ2) is 9.66. The maximum absolute atomic E-state index is 13.1. The summed E-state index contributed by atoms with van der Waals surface area (Å²) in [5.74, 6) is -0.0755. The second-order valence-electron chi connectivity index (χ2n) is 7.79. The van der Waals surface area contributed by atoms with E-state index in [0.29, 0.717) is 17.5 Å². The number of ether oxygens (including phenoxy) is 1. The molecule has 0 aromatic carbocycles. The van der Waals surface area contributed by atoms with Crippen molar-refractivity contribution in [2.24, 2.45) is 5.92 Å². The third kappa shape index (κ3) is 5.53. The van der Waals surface area contributed by atoms with Gasteiger partial charge in [0.15, 0.2) is 0 Å². The largest absolute Gasteiger partial charge is 0.377 e. The number of carbonyl (C=O) groups excluding carboxylic acids is 2. The van der Waals surface area contributed by atoms with Gasteiger partial charge < -0.3 is 15.0 Å². The molecule has 0 aliphatic carbocycles. The van der Waals surface area contributed by atoms with Crippen LogP contribution in [-0.2, 0) is 9.53 Å². The maximum atomic E-state index is 13.1. The van der Waals surface area contributed by atoms with Gasteiger partial charge in [-0.25, -0.2) is 0 Å². The maximum Gasteiger partial charge on any atom is 0.262 e. The third-order valence-corrected chi connectivity index (χ3v) is 6.22. The highest BCUT2D eigenvalue weighted by molar-refractivity contribution is 7.12. The Morgan fingerprint density at radius 2 is 2.11 bits per heavy atom. The number of nitrogens with zero attached hydrogens (tertiary/aromatic N) is 2. The Labute approximate surface area is 165 Å². The number of hydrogen-bond acceptors (Lipinski definition) is 5. The highest BCUT2D eigenvalue weighted by Crippen LogP contribution is 2.16. The SMILES string of the molecule is CC(C)[C@H](NC(=O)c1cccs1)C(=O)N1CCCN(C[C@@H]2CCCO2)CC1. The summed E-state index contributed by atoms with van der Waals surface area (Å²) in [6, 6.07) is 3.16. The van der Waals surface area contributed by atoms with Crippen molar-refractivity contribution in [1.82, 2.24) is 15.1 Å². The molecule has 1 aromatic heterocycles. The third-order valence-electron chi connectivity index (χ3n) is 5.35. The molecule has 27 heavy (non-hydrogen) atoms. The molecular formula is C20H31N3O3S. The summed E-state index contributed by atoms with van der Waals surface area (Å²) < 4.78 is 5.75. The molecule has 2 aliphatic rings. The molecule has 0 saturated carbocycles. The highest BCUT2D eigenvalue weighted by Gasteiger charge is 2.30. The van der Waals surface area contributed by atoms with E-state index < -0.39 is 6.04 Å². The van der Waals surface area contributed by atoms with Gasteiger partial charge in [0.2, 0.25) is 5.91 Å². The fourth-order valence-electron chi connectivity index (χ4n) is 3.78. The lowest BCUT2D eigenvalue weighted by molar-refractivity contribution is -0.134.